The molecule has 3 heteroatoms. The van der Waals surface area contributed by atoms with Crippen LogP contribution in [0.15, 0.2) is 42.5 Å². The van der Waals surface area contributed by atoms with E-state index >= 15 is 0 Å². The molecule has 0 saturated carbocycles. The van der Waals surface area contributed by atoms with E-state index in [1.54, 1.807) is 24.3 Å². The highest BCUT2D eigenvalue weighted by molar-refractivity contribution is 6.09. The molecular formula is C17H16O3. The van der Waals surface area contributed by atoms with Gasteiger partial charge in [-0.3, -0.25) is 9.59 Å². The molecule has 0 aliphatic rings. The van der Waals surface area contributed by atoms with Crippen molar-refractivity contribution < 1.29 is 14.3 Å². The van der Waals surface area contributed by atoms with Crippen LogP contribution in [-0.4, -0.2) is 11.8 Å². The third-order valence-corrected chi connectivity index (χ3v) is 2.86. The van der Waals surface area contributed by atoms with Crippen LogP contribution < -0.4 is 4.74 Å². The summed E-state index contributed by atoms with van der Waals surface area (Å²) in [5.41, 5.74) is 3.36. The molecule has 0 amide bonds. The van der Waals surface area contributed by atoms with Gasteiger partial charge in [0.25, 0.3) is 0 Å². The number of aryl methyl sites for hydroxylation is 2. The molecule has 0 aliphatic carbocycles. The number of rotatable bonds is 3. The van der Waals surface area contributed by atoms with Gasteiger partial charge in [0.15, 0.2) is 5.78 Å². The SMILES string of the molecule is CC(=O)Oc1ccc(C(=O)c2cc(C)cc(C)c2)cc1. The van der Waals surface area contributed by atoms with Crippen LogP contribution in [0.4, 0.5) is 0 Å². The van der Waals surface area contributed by atoms with Crippen molar-refractivity contribution in [2.75, 3.05) is 0 Å². The van der Waals surface area contributed by atoms with Crippen molar-refractivity contribution in [2.24, 2.45) is 0 Å². The van der Waals surface area contributed by atoms with Gasteiger partial charge in [-0.2, -0.15) is 0 Å². The van der Waals surface area contributed by atoms with Crippen LogP contribution in [0, 0.1) is 13.8 Å². The van der Waals surface area contributed by atoms with Crippen molar-refractivity contribution in [1.82, 2.24) is 0 Å². The Balaban J connectivity index is 2.26. The molecule has 0 radical (unpaired) electrons. The van der Waals surface area contributed by atoms with Crippen molar-refractivity contribution in [2.45, 2.75) is 20.8 Å². The molecule has 0 heterocycles. The summed E-state index contributed by atoms with van der Waals surface area (Å²) in [6.07, 6.45) is 0. The molecule has 2 aromatic rings. The summed E-state index contributed by atoms with van der Waals surface area (Å²) in [5.74, 6) is 0.0269. The van der Waals surface area contributed by atoms with Gasteiger partial charge in [0, 0.05) is 18.1 Å². The van der Waals surface area contributed by atoms with Gasteiger partial charge in [-0.05, 0) is 50.2 Å². The molecule has 0 saturated heterocycles. The summed E-state index contributed by atoms with van der Waals surface area (Å²) < 4.78 is 4.94. The Morgan fingerprint density at radius 2 is 1.40 bits per heavy atom. The maximum atomic E-state index is 12.4. The standard InChI is InChI=1S/C17H16O3/c1-11-8-12(2)10-15(9-11)17(19)14-4-6-16(7-5-14)20-13(3)18/h4-10H,1-3H3. The van der Waals surface area contributed by atoms with Crippen LogP contribution in [0.25, 0.3) is 0 Å². The minimum absolute atomic E-state index is 0.0359. The summed E-state index contributed by atoms with van der Waals surface area (Å²) in [4.78, 5) is 23.2. The van der Waals surface area contributed by atoms with Crippen molar-refractivity contribution in [3.8, 4) is 5.75 Å². The normalized spacial score (nSPS) is 10.2. The van der Waals surface area contributed by atoms with Crippen molar-refractivity contribution in [3.63, 3.8) is 0 Å². The largest absolute Gasteiger partial charge is 0.427 e. The predicted molar refractivity (Wildman–Crippen MR) is 77.1 cm³/mol. The van der Waals surface area contributed by atoms with Crippen LogP contribution in [-0.2, 0) is 4.79 Å². The highest BCUT2D eigenvalue weighted by Crippen LogP contribution is 2.17. The number of esters is 1. The maximum absolute atomic E-state index is 12.4. The minimum atomic E-state index is -0.376. The molecule has 0 aromatic heterocycles. The summed E-state index contributed by atoms with van der Waals surface area (Å²) in [6, 6.07) is 12.3. The van der Waals surface area contributed by atoms with E-state index in [0.29, 0.717) is 16.9 Å². The average molecular weight is 268 g/mol. The molecular weight excluding hydrogens is 252 g/mol. The molecule has 2 aromatic carbocycles. The van der Waals surface area contributed by atoms with Crippen LogP contribution >= 0.6 is 0 Å². The fourth-order valence-electron chi connectivity index (χ4n) is 2.11. The molecule has 0 aliphatic heterocycles. The minimum Gasteiger partial charge on any atom is -0.427 e. The highest BCUT2D eigenvalue weighted by atomic mass is 16.5. The molecule has 0 atom stereocenters. The molecule has 0 fully saturated rings. The Morgan fingerprint density at radius 1 is 0.850 bits per heavy atom. The fourth-order valence-corrected chi connectivity index (χ4v) is 2.11. The molecule has 0 N–H and O–H groups in total. The van der Waals surface area contributed by atoms with Crippen LogP contribution in [0.3, 0.4) is 0 Å². The molecule has 0 spiro atoms. The van der Waals surface area contributed by atoms with Gasteiger partial charge in [-0.15, -0.1) is 0 Å². The van der Waals surface area contributed by atoms with E-state index in [-0.39, 0.29) is 11.8 Å². The lowest BCUT2D eigenvalue weighted by Gasteiger charge is -2.06. The second-order valence-corrected chi connectivity index (χ2v) is 4.82. The van der Waals surface area contributed by atoms with Gasteiger partial charge >= 0.3 is 5.97 Å². The van der Waals surface area contributed by atoms with Gasteiger partial charge < -0.3 is 4.74 Å². The quantitative estimate of drug-likeness (QED) is 0.486. The monoisotopic (exact) mass is 268 g/mol. The summed E-state index contributed by atoms with van der Waals surface area (Å²) in [5, 5.41) is 0. The second kappa shape index (κ2) is 5.70. The Morgan fingerprint density at radius 3 is 1.90 bits per heavy atom. The molecule has 20 heavy (non-hydrogen) atoms. The first-order valence-corrected chi connectivity index (χ1v) is 6.37. The highest BCUT2D eigenvalue weighted by Gasteiger charge is 2.10. The van der Waals surface area contributed by atoms with Crippen LogP contribution in [0.2, 0.25) is 0 Å². The van der Waals surface area contributed by atoms with Crippen molar-refractivity contribution >= 4 is 11.8 Å². The van der Waals surface area contributed by atoms with Gasteiger partial charge in [-0.1, -0.05) is 17.2 Å². The zero-order chi connectivity index (χ0) is 14.7. The van der Waals surface area contributed by atoms with E-state index in [2.05, 4.69) is 0 Å². The van der Waals surface area contributed by atoms with E-state index in [0.717, 1.165) is 11.1 Å². The second-order valence-electron chi connectivity index (χ2n) is 4.82. The zero-order valence-corrected chi connectivity index (χ0v) is 11.8. The number of hydrogen-bond donors (Lipinski definition) is 0. The number of carbonyl (C=O) groups is 2. The van der Waals surface area contributed by atoms with E-state index in [1.807, 2.05) is 32.0 Å². The third-order valence-electron chi connectivity index (χ3n) is 2.86. The Hall–Kier alpha value is -2.42. The van der Waals surface area contributed by atoms with Gasteiger partial charge in [0.05, 0.1) is 0 Å². The van der Waals surface area contributed by atoms with E-state index in [9.17, 15) is 9.59 Å². The van der Waals surface area contributed by atoms with Crippen molar-refractivity contribution in [3.05, 3.63) is 64.7 Å². The molecule has 0 unspecified atom stereocenters. The molecule has 0 bridgehead atoms. The first kappa shape index (κ1) is 14.0. The summed E-state index contributed by atoms with van der Waals surface area (Å²) in [6.45, 7) is 5.27. The smallest absolute Gasteiger partial charge is 0.308 e. The summed E-state index contributed by atoms with van der Waals surface area (Å²) in [7, 11) is 0. The molecule has 3 nitrogen and oxygen atoms in total. The average Bonchev–Trinajstić information content (AvgIpc) is 2.37. The predicted octanol–water partition coefficient (Wildman–Crippen LogP) is 3.46. The first-order valence-electron chi connectivity index (χ1n) is 6.37. The number of ether oxygens (including phenoxy) is 1. The Bertz CT molecular complexity index is 634. The van der Waals surface area contributed by atoms with Gasteiger partial charge in [-0.25, -0.2) is 0 Å². The molecule has 102 valence electrons. The fraction of sp³-hybridized carbons (Fsp3) is 0.176. The third kappa shape index (κ3) is 3.32. The zero-order valence-electron chi connectivity index (χ0n) is 11.8. The van der Waals surface area contributed by atoms with Crippen LogP contribution in [0.5, 0.6) is 5.75 Å². The summed E-state index contributed by atoms with van der Waals surface area (Å²) >= 11 is 0. The Kier molecular flexibility index (Phi) is 3.99. The first-order chi connectivity index (χ1) is 9.45. The van der Waals surface area contributed by atoms with E-state index in [4.69, 9.17) is 4.74 Å². The topological polar surface area (TPSA) is 43.4 Å². The van der Waals surface area contributed by atoms with E-state index in [1.165, 1.54) is 6.92 Å². The van der Waals surface area contributed by atoms with Crippen molar-refractivity contribution in [1.29, 1.82) is 0 Å². The maximum Gasteiger partial charge on any atom is 0.308 e. The number of ketones is 1. The lowest BCUT2D eigenvalue weighted by atomic mass is 9.99. The van der Waals surface area contributed by atoms with Crippen LogP contribution in [0.1, 0.15) is 34.0 Å². The molecule has 2 rings (SSSR count). The van der Waals surface area contributed by atoms with E-state index < -0.39 is 0 Å². The number of carbonyl (C=O) groups excluding carboxylic acids is 2. The number of benzene rings is 2. The lowest BCUT2D eigenvalue weighted by Crippen LogP contribution is -2.04. The van der Waals surface area contributed by atoms with Gasteiger partial charge in [0.1, 0.15) is 5.75 Å². The Labute approximate surface area is 118 Å². The van der Waals surface area contributed by atoms with Gasteiger partial charge in [0.2, 0.25) is 0 Å². The number of hydrogen-bond acceptors (Lipinski definition) is 3. The lowest BCUT2D eigenvalue weighted by molar-refractivity contribution is -0.131.